The molecule has 2 aromatic heterocycles. The van der Waals surface area contributed by atoms with Crippen molar-refractivity contribution >= 4 is 17.2 Å². The summed E-state index contributed by atoms with van der Waals surface area (Å²) in [5.41, 5.74) is 0.965. The number of carbonyl (C=O) groups excluding carboxylic acids is 1. The van der Waals surface area contributed by atoms with Crippen LogP contribution in [0.5, 0.6) is 0 Å². The molecule has 0 aliphatic heterocycles. The molecule has 1 amide bonds. The maximum atomic E-state index is 13.6. The van der Waals surface area contributed by atoms with Gasteiger partial charge in [0, 0.05) is 18.2 Å². The van der Waals surface area contributed by atoms with E-state index >= 15 is 0 Å². The maximum absolute atomic E-state index is 13.6. The van der Waals surface area contributed by atoms with Crippen LogP contribution in [0.3, 0.4) is 0 Å². The van der Waals surface area contributed by atoms with E-state index in [1.807, 2.05) is 17.5 Å². The first-order valence-electron chi connectivity index (χ1n) is 6.78. The van der Waals surface area contributed by atoms with Crippen molar-refractivity contribution in [2.75, 3.05) is 0 Å². The van der Waals surface area contributed by atoms with Crippen LogP contribution in [0.15, 0.2) is 40.2 Å². The first kappa shape index (κ1) is 15.4. The molecule has 0 spiro atoms. The average molecular weight is 334 g/mol. The minimum absolute atomic E-state index is 0.0561. The Hall–Kier alpha value is -2.54. The lowest BCUT2D eigenvalue weighted by Crippen LogP contribution is -2.24. The van der Waals surface area contributed by atoms with Gasteiger partial charge in [-0.2, -0.15) is 0 Å². The van der Waals surface area contributed by atoms with E-state index in [9.17, 15) is 13.6 Å². The molecule has 7 heteroatoms. The summed E-state index contributed by atoms with van der Waals surface area (Å²) in [5.74, 6) is -1.40. The summed E-state index contributed by atoms with van der Waals surface area (Å²) in [6, 6.07) is 6.88. The van der Waals surface area contributed by atoms with Crippen LogP contribution in [-0.4, -0.2) is 11.1 Å². The first-order chi connectivity index (χ1) is 11.1. The topological polar surface area (TPSA) is 55.1 Å². The van der Waals surface area contributed by atoms with Crippen LogP contribution in [0, 0.1) is 18.6 Å². The van der Waals surface area contributed by atoms with Crippen LogP contribution in [0.2, 0.25) is 0 Å². The molecule has 0 atom stereocenters. The average Bonchev–Trinajstić information content (AvgIpc) is 3.15. The number of nitrogens with zero attached hydrogens (tertiary/aromatic N) is 1. The Kier molecular flexibility index (Phi) is 4.20. The lowest BCUT2D eigenvalue weighted by Gasteiger charge is -2.06. The van der Waals surface area contributed by atoms with Crippen molar-refractivity contribution in [2.45, 2.75) is 13.5 Å². The molecule has 3 rings (SSSR count). The second-order valence-electron chi connectivity index (χ2n) is 4.87. The standard InChI is InChI=1S/C16H12F2N2O2S/c1-9-14(15(22-20-9)13-3-2-6-23-13)16(21)19-8-10-4-5-11(17)7-12(10)18/h2-7H,8H2,1H3,(H,19,21). The second kappa shape index (κ2) is 6.29. The number of aromatic nitrogens is 1. The van der Waals surface area contributed by atoms with E-state index in [1.165, 1.54) is 17.4 Å². The summed E-state index contributed by atoms with van der Waals surface area (Å²) in [6.45, 7) is 1.60. The van der Waals surface area contributed by atoms with Crippen molar-refractivity contribution in [3.05, 3.63) is 64.2 Å². The summed E-state index contributed by atoms with van der Waals surface area (Å²) in [4.78, 5) is 13.2. The number of aryl methyl sites for hydroxylation is 1. The third-order valence-electron chi connectivity index (χ3n) is 3.29. The number of hydrogen-bond acceptors (Lipinski definition) is 4. The molecule has 0 radical (unpaired) electrons. The molecule has 1 N–H and O–H groups in total. The van der Waals surface area contributed by atoms with Gasteiger partial charge in [-0.05, 0) is 24.4 Å². The summed E-state index contributed by atoms with van der Waals surface area (Å²) >= 11 is 1.42. The Morgan fingerprint density at radius 1 is 1.35 bits per heavy atom. The zero-order chi connectivity index (χ0) is 16.4. The predicted octanol–water partition coefficient (Wildman–Crippen LogP) is 3.92. The molecule has 0 aliphatic rings. The molecule has 1 aromatic carbocycles. The number of benzene rings is 1. The summed E-state index contributed by atoms with van der Waals surface area (Å²) in [5, 5.41) is 8.30. The van der Waals surface area contributed by atoms with Crippen molar-refractivity contribution in [1.82, 2.24) is 10.5 Å². The van der Waals surface area contributed by atoms with Crippen LogP contribution >= 0.6 is 11.3 Å². The highest BCUT2D eigenvalue weighted by atomic mass is 32.1. The number of halogens is 2. The molecule has 118 valence electrons. The Morgan fingerprint density at radius 3 is 2.87 bits per heavy atom. The molecule has 4 nitrogen and oxygen atoms in total. The maximum Gasteiger partial charge on any atom is 0.257 e. The van der Waals surface area contributed by atoms with E-state index in [4.69, 9.17) is 4.52 Å². The lowest BCUT2D eigenvalue weighted by atomic mass is 10.1. The molecule has 0 saturated carbocycles. The van der Waals surface area contributed by atoms with E-state index in [1.54, 1.807) is 6.92 Å². The van der Waals surface area contributed by atoms with Crippen LogP contribution in [-0.2, 0) is 6.54 Å². The second-order valence-corrected chi connectivity index (χ2v) is 5.82. The fraction of sp³-hybridized carbons (Fsp3) is 0.125. The van der Waals surface area contributed by atoms with Crippen LogP contribution in [0.4, 0.5) is 8.78 Å². The van der Waals surface area contributed by atoms with E-state index in [0.717, 1.165) is 17.0 Å². The Labute approximate surface area is 134 Å². The quantitative estimate of drug-likeness (QED) is 0.787. The summed E-state index contributed by atoms with van der Waals surface area (Å²) < 4.78 is 31.7. The van der Waals surface area contributed by atoms with Gasteiger partial charge in [-0.1, -0.05) is 17.3 Å². The normalized spacial score (nSPS) is 10.7. The van der Waals surface area contributed by atoms with Crippen molar-refractivity contribution in [3.8, 4) is 10.6 Å². The molecule has 2 heterocycles. The van der Waals surface area contributed by atoms with Gasteiger partial charge in [0.15, 0.2) is 5.76 Å². The third kappa shape index (κ3) is 3.14. The van der Waals surface area contributed by atoms with Gasteiger partial charge in [0.25, 0.3) is 5.91 Å². The summed E-state index contributed by atoms with van der Waals surface area (Å²) in [6.07, 6.45) is 0. The Morgan fingerprint density at radius 2 is 2.17 bits per heavy atom. The predicted molar refractivity (Wildman–Crippen MR) is 82.1 cm³/mol. The molecule has 0 fully saturated rings. The van der Waals surface area contributed by atoms with Gasteiger partial charge in [-0.15, -0.1) is 11.3 Å². The van der Waals surface area contributed by atoms with Crippen molar-refractivity contribution < 1.29 is 18.1 Å². The van der Waals surface area contributed by atoms with Gasteiger partial charge >= 0.3 is 0 Å². The number of amides is 1. The Balaban J connectivity index is 1.80. The molecule has 0 bridgehead atoms. The first-order valence-corrected chi connectivity index (χ1v) is 7.66. The van der Waals surface area contributed by atoms with Gasteiger partial charge < -0.3 is 9.84 Å². The SMILES string of the molecule is Cc1noc(-c2cccs2)c1C(=O)NCc1ccc(F)cc1F. The van der Waals surface area contributed by atoms with Crippen molar-refractivity contribution in [1.29, 1.82) is 0 Å². The number of hydrogen-bond donors (Lipinski definition) is 1. The highest BCUT2D eigenvalue weighted by Gasteiger charge is 2.22. The minimum atomic E-state index is -0.703. The van der Waals surface area contributed by atoms with Gasteiger partial charge in [0.1, 0.15) is 17.2 Å². The smallest absolute Gasteiger partial charge is 0.257 e. The van der Waals surface area contributed by atoms with Crippen LogP contribution in [0.1, 0.15) is 21.6 Å². The minimum Gasteiger partial charge on any atom is -0.354 e. The molecule has 23 heavy (non-hydrogen) atoms. The lowest BCUT2D eigenvalue weighted by molar-refractivity contribution is 0.0950. The largest absolute Gasteiger partial charge is 0.354 e. The van der Waals surface area contributed by atoms with E-state index < -0.39 is 17.5 Å². The highest BCUT2D eigenvalue weighted by molar-refractivity contribution is 7.13. The molecule has 3 aromatic rings. The summed E-state index contributed by atoms with van der Waals surface area (Å²) in [7, 11) is 0. The number of carbonyl (C=O) groups is 1. The monoisotopic (exact) mass is 334 g/mol. The van der Waals surface area contributed by atoms with Crippen molar-refractivity contribution in [2.24, 2.45) is 0 Å². The zero-order valence-electron chi connectivity index (χ0n) is 12.1. The Bertz CT molecular complexity index is 844. The van der Waals surface area contributed by atoms with E-state index in [2.05, 4.69) is 10.5 Å². The molecular formula is C16H12F2N2O2S. The molecule has 0 unspecified atom stereocenters. The highest BCUT2D eigenvalue weighted by Crippen LogP contribution is 2.29. The van der Waals surface area contributed by atoms with Crippen molar-refractivity contribution in [3.63, 3.8) is 0 Å². The third-order valence-corrected chi connectivity index (χ3v) is 4.16. The number of rotatable bonds is 4. The van der Waals surface area contributed by atoms with Gasteiger partial charge in [-0.25, -0.2) is 8.78 Å². The van der Waals surface area contributed by atoms with Gasteiger partial charge in [-0.3, -0.25) is 4.79 Å². The van der Waals surface area contributed by atoms with Crippen LogP contribution < -0.4 is 5.32 Å². The van der Waals surface area contributed by atoms with Gasteiger partial charge in [0.05, 0.1) is 10.6 Å². The fourth-order valence-electron chi connectivity index (χ4n) is 2.14. The zero-order valence-corrected chi connectivity index (χ0v) is 12.9. The molecule has 0 aliphatic carbocycles. The molecule has 0 saturated heterocycles. The van der Waals surface area contributed by atoms with E-state index in [0.29, 0.717) is 17.0 Å². The number of nitrogens with one attached hydrogen (secondary N) is 1. The van der Waals surface area contributed by atoms with E-state index in [-0.39, 0.29) is 12.1 Å². The molecular weight excluding hydrogens is 322 g/mol. The van der Waals surface area contributed by atoms with Gasteiger partial charge in [0.2, 0.25) is 0 Å². The fourth-order valence-corrected chi connectivity index (χ4v) is 2.85. The number of thiophene rings is 1. The van der Waals surface area contributed by atoms with Crippen LogP contribution in [0.25, 0.3) is 10.6 Å².